The topological polar surface area (TPSA) is 0 Å². The molecule has 0 spiro atoms. The normalized spacial score (nSPS) is 23.6. The first-order chi connectivity index (χ1) is 12.0. The molecule has 1 rings (SSSR count). The Bertz CT molecular complexity index is 305. The molecule has 0 aromatic rings. The minimum Gasteiger partial charge on any atom is -0.0654 e. The van der Waals surface area contributed by atoms with Gasteiger partial charge in [0.2, 0.25) is 0 Å². The average Bonchev–Trinajstić information content (AvgIpc) is 3.32. The molecule has 0 radical (unpaired) electrons. The van der Waals surface area contributed by atoms with Crippen LogP contribution in [0.5, 0.6) is 0 Å². The van der Waals surface area contributed by atoms with Crippen LogP contribution < -0.4 is 0 Å². The molecule has 150 valence electrons. The van der Waals surface area contributed by atoms with E-state index in [4.69, 9.17) is 0 Å². The van der Waals surface area contributed by atoms with Crippen molar-refractivity contribution in [3.63, 3.8) is 0 Å². The standard InChI is InChI=1S/C25H50/c1-7-13-23(25-19-24(25)18-21(5)8-2)17-11-9-10-15-22(6)16-12-14-20(3)4/h20-25H,7-19H2,1-6H3. The summed E-state index contributed by atoms with van der Waals surface area (Å²) in [7, 11) is 0. The van der Waals surface area contributed by atoms with Gasteiger partial charge in [0.05, 0.1) is 0 Å². The summed E-state index contributed by atoms with van der Waals surface area (Å²) in [6.45, 7) is 14.4. The highest BCUT2D eigenvalue weighted by atomic mass is 14.5. The van der Waals surface area contributed by atoms with Crippen LogP contribution in [0.1, 0.15) is 125 Å². The maximum Gasteiger partial charge on any atom is -0.0354 e. The molecule has 1 saturated carbocycles. The van der Waals surface area contributed by atoms with E-state index < -0.39 is 0 Å². The maximum absolute atomic E-state index is 2.48. The van der Waals surface area contributed by atoms with Crippen LogP contribution in [0.4, 0.5) is 0 Å². The van der Waals surface area contributed by atoms with Gasteiger partial charge in [-0.3, -0.25) is 0 Å². The summed E-state index contributed by atoms with van der Waals surface area (Å²) < 4.78 is 0. The summed E-state index contributed by atoms with van der Waals surface area (Å²) in [5.74, 6) is 6.04. The average molecular weight is 351 g/mol. The van der Waals surface area contributed by atoms with Crippen molar-refractivity contribution in [1.29, 1.82) is 0 Å². The first-order valence-electron chi connectivity index (χ1n) is 12.0. The molecular weight excluding hydrogens is 300 g/mol. The molecule has 1 aliphatic carbocycles. The predicted molar refractivity (Wildman–Crippen MR) is 115 cm³/mol. The van der Waals surface area contributed by atoms with Gasteiger partial charge in [-0.1, -0.05) is 112 Å². The summed E-state index contributed by atoms with van der Waals surface area (Å²) in [5, 5.41) is 0. The van der Waals surface area contributed by atoms with Crippen molar-refractivity contribution in [3.8, 4) is 0 Å². The Hall–Kier alpha value is 0. The minimum atomic E-state index is 0.884. The highest BCUT2D eigenvalue weighted by Gasteiger charge is 2.41. The van der Waals surface area contributed by atoms with Gasteiger partial charge >= 0.3 is 0 Å². The number of hydrogen-bond donors (Lipinski definition) is 0. The lowest BCUT2D eigenvalue weighted by Gasteiger charge is -2.17. The van der Waals surface area contributed by atoms with Gasteiger partial charge in [0.1, 0.15) is 0 Å². The molecule has 0 aromatic heterocycles. The summed E-state index contributed by atoms with van der Waals surface area (Å²) >= 11 is 0. The Balaban J connectivity index is 2.09. The first kappa shape index (κ1) is 23.0. The molecule has 0 aromatic carbocycles. The fourth-order valence-corrected chi connectivity index (χ4v) is 4.84. The Morgan fingerprint density at radius 3 is 2.04 bits per heavy atom. The van der Waals surface area contributed by atoms with E-state index in [0.29, 0.717) is 0 Å². The molecule has 0 saturated heterocycles. The predicted octanol–water partition coefficient (Wildman–Crippen LogP) is 8.89. The van der Waals surface area contributed by atoms with Crippen LogP contribution in [0.15, 0.2) is 0 Å². The highest BCUT2D eigenvalue weighted by molar-refractivity contribution is 4.91. The lowest BCUT2D eigenvalue weighted by atomic mass is 9.88. The van der Waals surface area contributed by atoms with Crippen LogP contribution in [0, 0.1) is 35.5 Å². The second kappa shape index (κ2) is 13.2. The van der Waals surface area contributed by atoms with Gasteiger partial charge in [-0.25, -0.2) is 0 Å². The third kappa shape index (κ3) is 10.7. The van der Waals surface area contributed by atoms with Crippen LogP contribution in [0.3, 0.4) is 0 Å². The first-order valence-corrected chi connectivity index (χ1v) is 12.0. The van der Waals surface area contributed by atoms with E-state index >= 15 is 0 Å². The zero-order valence-electron chi connectivity index (χ0n) is 18.7. The van der Waals surface area contributed by atoms with Crippen LogP contribution in [-0.2, 0) is 0 Å². The number of rotatable bonds is 16. The maximum atomic E-state index is 2.48. The van der Waals surface area contributed by atoms with Crippen LogP contribution in [-0.4, -0.2) is 0 Å². The smallest absolute Gasteiger partial charge is 0.0354 e. The zero-order chi connectivity index (χ0) is 18.7. The molecule has 5 atom stereocenters. The number of hydrogen-bond acceptors (Lipinski definition) is 0. The third-order valence-corrected chi connectivity index (χ3v) is 6.89. The third-order valence-electron chi connectivity index (χ3n) is 6.89. The van der Waals surface area contributed by atoms with Gasteiger partial charge in [-0.15, -0.1) is 0 Å². The fraction of sp³-hybridized carbons (Fsp3) is 1.00. The summed E-state index contributed by atoms with van der Waals surface area (Å²) in [4.78, 5) is 0. The Morgan fingerprint density at radius 1 is 0.720 bits per heavy atom. The second-order valence-corrected chi connectivity index (χ2v) is 10.0. The Kier molecular flexibility index (Phi) is 12.2. The van der Waals surface area contributed by atoms with Gasteiger partial charge in [0.15, 0.2) is 0 Å². The van der Waals surface area contributed by atoms with Gasteiger partial charge < -0.3 is 0 Å². The largest absolute Gasteiger partial charge is 0.0654 e. The molecule has 1 aliphatic rings. The lowest BCUT2D eigenvalue weighted by Crippen LogP contribution is -2.06. The second-order valence-electron chi connectivity index (χ2n) is 10.0. The van der Waals surface area contributed by atoms with Crippen LogP contribution >= 0.6 is 0 Å². The lowest BCUT2D eigenvalue weighted by molar-refractivity contribution is 0.338. The van der Waals surface area contributed by atoms with Crippen molar-refractivity contribution in [2.75, 3.05) is 0 Å². The zero-order valence-corrected chi connectivity index (χ0v) is 18.7. The van der Waals surface area contributed by atoms with E-state index in [1.165, 1.54) is 77.0 Å². The summed E-state index contributed by atoms with van der Waals surface area (Å²) in [6, 6.07) is 0. The summed E-state index contributed by atoms with van der Waals surface area (Å²) in [6.07, 6.45) is 19.1. The molecule has 0 N–H and O–H groups in total. The molecule has 5 unspecified atom stereocenters. The van der Waals surface area contributed by atoms with E-state index in [2.05, 4.69) is 41.5 Å². The minimum absolute atomic E-state index is 0.884. The number of unbranched alkanes of at least 4 members (excludes halogenated alkanes) is 2. The molecule has 0 amide bonds. The molecule has 0 heterocycles. The Labute approximate surface area is 160 Å². The van der Waals surface area contributed by atoms with Gasteiger partial charge in [-0.05, 0) is 48.3 Å². The van der Waals surface area contributed by atoms with E-state index in [1.54, 1.807) is 6.42 Å². The van der Waals surface area contributed by atoms with Crippen LogP contribution in [0.2, 0.25) is 0 Å². The molecule has 25 heavy (non-hydrogen) atoms. The van der Waals surface area contributed by atoms with E-state index in [0.717, 1.165) is 35.5 Å². The van der Waals surface area contributed by atoms with Gasteiger partial charge in [-0.2, -0.15) is 0 Å². The van der Waals surface area contributed by atoms with Crippen LogP contribution in [0.25, 0.3) is 0 Å². The quantitative estimate of drug-likeness (QED) is 0.244. The van der Waals surface area contributed by atoms with Crippen molar-refractivity contribution in [2.24, 2.45) is 35.5 Å². The van der Waals surface area contributed by atoms with Crippen molar-refractivity contribution in [2.45, 2.75) is 125 Å². The SMILES string of the molecule is CCCC(CCCCCC(C)CCCC(C)C)C1CC1CC(C)CC. The van der Waals surface area contributed by atoms with E-state index in [-0.39, 0.29) is 0 Å². The molecule has 0 nitrogen and oxygen atoms in total. The molecule has 0 heteroatoms. The van der Waals surface area contributed by atoms with Gasteiger partial charge in [0.25, 0.3) is 0 Å². The molecular formula is C25H50. The highest BCUT2D eigenvalue weighted by Crippen LogP contribution is 2.51. The van der Waals surface area contributed by atoms with E-state index in [9.17, 15) is 0 Å². The van der Waals surface area contributed by atoms with E-state index in [1.807, 2.05) is 0 Å². The van der Waals surface area contributed by atoms with Gasteiger partial charge in [0, 0.05) is 0 Å². The fourth-order valence-electron chi connectivity index (χ4n) is 4.84. The molecule has 0 aliphatic heterocycles. The van der Waals surface area contributed by atoms with Crippen molar-refractivity contribution < 1.29 is 0 Å². The Morgan fingerprint density at radius 2 is 1.40 bits per heavy atom. The monoisotopic (exact) mass is 350 g/mol. The molecule has 0 bridgehead atoms. The van der Waals surface area contributed by atoms with Crippen molar-refractivity contribution >= 4 is 0 Å². The van der Waals surface area contributed by atoms with Crippen molar-refractivity contribution in [1.82, 2.24) is 0 Å². The van der Waals surface area contributed by atoms with Crippen molar-refractivity contribution in [3.05, 3.63) is 0 Å². The molecule has 1 fully saturated rings. The summed E-state index contributed by atoms with van der Waals surface area (Å²) in [5.41, 5.74) is 0.